The van der Waals surface area contributed by atoms with Gasteiger partial charge < -0.3 is 29.4 Å². The fourth-order valence-electron chi connectivity index (χ4n) is 4.22. The molecule has 8 nitrogen and oxygen atoms in total. The monoisotopic (exact) mass is 505 g/mol. The van der Waals surface area contributed by atoms with Crippen LogP contribution in [-0.2, 0) is 25.1 Å². The Labute approximate surface area is 209 Å². The summed E-state index contributed by atoms with van der Waals surface area (Å²) in [7, 11) is 3.41. The molecule has 9 heteroatoms. The van der Waals surface area contributed by atoms with Crippen LogP contribution in [0.4, 0.5) is 0 Å². The average Bonchev–Trinajstić information content (AvgIpc) is 2.90. The average molecular weight is 506 g/mol. The molecular formula is C26H35NO7S. The van der Waals surface area contributed by atoms with Crippen molar-refractivity contribution < 1.29 is 32.7 Å². The number of hydrogen-bond acceptors (Lipinski definition) is 7. The van der Waals surface area contributed by atoms with Gasteiger partial charge in [0.15, 0.2) is 0 Å². The maximum absolute atomic E-state index is 13.2. The van der Waals surface area contributed by atoms with E-state index in [1.54, 1.807) is 45.6 Å². The largest absolute Gasteiger partial charge is 0.497 e. The molecule has 2 unspecified atom stereocenters. The van der Waals surface area contributed by atoms with Gasteiger partial charge >= 0.3 is 0 Å². The molecule has 2 aromatic carbocycles. The molecule has 0 bridgehead atoms. The van der Waals surface area contributed by atoms with Crippen molar-refractivity contribution in [3.8, 4) is 17.2 Å². The molecule has 0 radical (unpaired) electrons. The normalized spacial score (nSPS) is 16.8. The lowest BCUT2D eigenvalue weighted by Gasteiger charge is -2.33. The zero-order valence-corrected chi connectivity index (χ0v) is 21.4. The number of carbonyl (C=O) groups excluding carboxylic acids is 1. The highest BCUT2D eigenvalue weighted by atomic mass is 32.2. The third-order valence-corrected chi connectivity index (χ3v) is 8.36. The Bertz CT molecular complexity index is 990. The van der Waals surface area contributed by atoms with Crippen LogP contribution in [0.1, 0.15) is 43.8 Å². The van der Waals surface area contributed by atoms with Gasteiger partial charge in [0.05, 0.1) is 37.7 Å². The predicted octanol–water partition coefficient (Wildman–Crippen LogP) is 3.78. The number of rotatable bonds is 13. The molecule has 35 heavy (non-hydrogen) atoms. The van der Waals surface area contributed by atoms with Crippen LogP contribution in [-0.4, -0.2) is 56.0 Å². The molecular weight excluding hydrogens is 470 g/mol. The standard InChI is InChI=1S/C26H35NO7S/c1-30-20-9-12-22(24(18-20)32-3)23(31-2)6-4-5-15-34-19-7-10-21(11-8-19)35(29)26(25(27)28)13-16-33-17-14-26/h7-12,18,23H,4-6,13-17H2,1-3H3,(H2,27,28). The Morgan fingerprint density at radius 3 is 2.31 bits per heavy atom. The Hall–Kier alpha value is -2.62. The number of unbranched alkanes of at least 4 members (excludes halogenated alkanes) is 1. The SMILES string of the molecule is COc1ccc(C(CCCCOc2ccc(S(=O)C3(C(N)=O)CCOCC3)cc2)OC)c(OC)c1. The van der Waals surface area contributed by atoms with Gasteiger partial charge in [-0.3, -0.25) is 9.00 Å². The van der Waals surface area contributed by atoms with Crippen LogP contribution in [0.15, 0.2) is 47.4 Å². The fraction of sp³-hybridized carbons (Fsp3) is 0.500. The van der Waals surface area contributed by atoms with Gasteiger partial charge in [-0.15, -0.1) is 0 Å². The van der Waals surface area contributed by atoms with Crippen molar-refractivity contribution in [1.29, 1.82) is 0 Å². The van der Waals surface area contributed by atoms with Gasteiger partial charge in [-0.05, 0) is 68.5 Å². The Morgan fingerprint density at radius 1 is 1.03 bits per heavy atom. The van der Waals surface area contributed by atoms with E-state index in [0.29, 0.717) is 43.3 Å². The molecule has 0 spiro atoms. The molecule has 1 heterocycles. The summed E-state index contributed by atoms with van der Waals surface area (Å²) in [5, 5.41) is 0. The predicted molar refractivity (Wildman–Crippen MR) is 133 cm³/mol. The fourth-order valence-corrected chi connectivity index (χ4v) is 5.77. The minimum atomic E-state index is -1.55. The van der Waals surface area contributed by atoms with Gasteiger partial charge in [-0.25, -0.2) is 0 Å². The molecule has 2 aromatic rings. The van der Waals surface area contributed by atoms with Gasteiger partial charge in [0.1, 0.15) is 22.0 Å². The summed E-state index contributed by atoms with van der Waals surface area (Å²) in [6.45, 7) is 1.30. The van der Waals surface area contributed by atoms with E-state index in [4.69, 9.17) is 29.4 Å². The van der Waals surface area contributed by atoms with Crippen LogP contribution in [0.2, 0.25) is 0 Å². The lowest BCUT2D eigenvalue weighted by atomic mass is 9.98. The van der Waals surface area contributed by atoms with E-state index in [2.05, 4.69) is 0 Å². The van der Waals surface area contributed by atoms with Crippen LogP contribution in [0, 0.1) is 0 Å². The summed E-state index contributed by atoms with van der Waals surface area (Å²) >= 11 is 0. The van der Waals surface area contributed by atoms with E-state index in [9.17, 15) is 9.00 Å². The van der Waals surface area contributed by atoms with Crippen molar-refractivity contribution in [2.75, 3.05) is 41.2 Å². The van der Waals surface area contributed by atoms with E-state index >= 15 is 0 Å². The van der Waals surface area contributed by atoms with Crippen molar-refractivity contribution in [2.24, 2.45) is 5.73 Å². The smallest absolute Gasteiger partial charge is 0.236 e. The quantitative estimate of drug-likeness (QED) is 0.413. The molecule has 1 amide bonds. The highest BCUT2D eigenvalue weighted by Gasteiger charge is 2.45. The Morgan fingerprint density at radius 2 is 1.71 bits per heavy atom. The van der Waals surface area contributed by atoms with Gasteiger partial charge in [-0.2, -0.15) is 0 Å². The van der Waals surface area contributed by atoms with Gasteiger partial charge in [-0.1, -0.05) is 0 Å². The zero-order valence-electron chi connectivity index (χ0n) is 20.6. The van der Waals surface area contributed by atoms with Crippen LogP contribution in [0.5, 0.6) is 17.2 Å². The first-order chi connectivity index (χ1) is 16.9. The second-order valence-electron chi connectivity index (χ2n) is 8.39. The van der Waals surface area contributed by atoms with Crippen molar-refractivity contribution in [3.63, 3.8) is 0 Å². The maximum atomic E-state index is 13.2. The van der Waals surface area contributed by atoms with E-state index in [-0.39, 0.29) is 6.10 Å². The maximum Gasteiger partial charge on any atom is 0.236 e. The van der Waals surface area contributed by atoms with Crippen LogP contribution in [0.3, 0.4) is 0 Å². The van der Waals surface area contributed by atoms with Gasteiger partial charge in [0.25, 0.3) is 0 Å². The summed E-state index contributed by atoms with van der Waals surface area (Å²) in [5.74, 6) is 1.62. The highest BCUT2D eigenvalue weighted by molar-refractivity contribution is 7.87. The molecule has 1 aliphatic heterocycles. The Kier molecular flexibility index (Phi) is 9.94. The summed E-state index contributed by atoms with van der Waals surface area (Å²) in [4.78, 5) is 12.7. The molecule has 1 fully saturated rings. The number of benzene rings is 2. The molecule has 1 saturated heterocycles. The minimum absolute atomic E-state index is 0.0899. The van der Waals surface area contributed by atoms with Gasteiger partial charge in [0.2, 0.25) is 5.91 Å². The number of methoxy groups -OCH3 is 3. The van der Waals surface area contributed by atoms with E-state index < -0.39 is 21.5 Å². The summed E-state index contributed by atoms with van der Waals surface area (Å²) in [6, 6.07) is 12.8. The summed E-state index contributed by atoms with van der Waals surface area (Å²) in [5.41, 5.74) is 6.61. The molecule has 192 valence electrons. The molecule has 0 aromatic heterocycles. The van der Waals surface area contributed by atoms with Crippen molar-refractivity contribution in [2.45, 2.75) is 47.9 Å². The molecule has 0 aliphatic carbocycles. The lowest BCUT2D eigenvalue weighted by molar-refractivity contribution is -0.122. The number of hydrogen-bond donors (Lipinski definition) is 1. The second kappa shape index (κ2) is 12.9. The van der Waals surface area contributed by atoms with Crippen molar-refractivity contribution >= 4 is 16.7 Å². The van der Waals surface area contributed by atoms with Crippen LogP contribution in [0.25, 0.3) is 0 Å². The third kappa shape index (κ3) is 6.54. The molecule has 2 N–H and O–H groups in total. The highest BCUT2D eigenvalue weighted by Crippen LogP contribution is 2.34. The first-order valence-corrected chi connectivity index (χ1v) is 12.9. The Balaban J connectivity index is 1.49. The molecule has 0 saturated carbocycles. The molecule has 1 aliphatic rings. The first-order valence-electron chi connectivity index (χ1n) is 11.7. The van der Waals surface area contributed by atoms with Crippen molar-refractivity contribution in [3.05, 3.63) is 48.0 Å². The summed E-state index contributed by atoms with van der Waals surface area (Å²) in [6.07, 6.45) is 3.19. The first kappa shape index (κ1) is 27.0. The van der Waals surface area contributed by atoms with E-state index in [0.717, 1.165) is 36.3 Å². The minimum Gasteiger partial charge on any atom is -0.497 e. The number of nitrogens with two attached hydrogens (primary N) is 1. The summed E-state index contributed by atoms with van der Waals surface area (Å²) < 4.78 is 39.7. The van der Waals surface area contributed by atoms with Crippen molar-refractivity contribution in [1.82, 2.24) is 0 Å². The number of ether oxygens (including phenoxy) is 5. The topological polar surface area (TPSA) is 106 Å². The van der Waals surface area contributed by atoms with E-state index in [1.807, 2.05) is 18.2 Å². The number of primary amides is 1. The number of amides is 1. The van der Waals surface area contributed by atoms with Gasteiger partial charge in [0, 0.05) is 36.8 Å². The third-order valence-electron chi connectivity index (χ3n) is 6.34. The van der Waals surface area contributed by atoms with Crippen LogP contribution < -0.4 is 19.9 Å². The molecule has 2 atom stereocenters. The van der Waals surface area contributed by atoms with Crippen LogP contribution >= 0.6 is 0 Å². The number of carbonyl (C=O) groups is 1. The lowest BCUT2D eigenvalue weighted by Crippen LogP contribution is -2.51. The van der Waals surface area contributed by atoms with E-state index in [1.165, 1.54) is 0 Å². The second-order valence-corrected chi connectivity index (χ2v) is 10.2. The zero-order chi connectivity index (χ0) is 25.3. The molecule has 3 rings (SSSR count).